The summed E-state index contributed by atoms with van der Waals surface area (Å²) < 4.78 is 4.69. The molecule has 0 aliphatic heterocycles. The van der Waals surface area contributed by atoms with Crippen molar-refractivity contribution in [2.45, 2.75) is 32.2 Å². The summed E-state index contributed by atoms with van der Waals surface area (Å²) in [6.07, 6.45) is 2.16. The Bertz CT molecular complexity index is 932. The number of ether oxygens (including phenoxy) is 1. The molecule has 180 valence electrons. The Kier molecular flexibility index (Phi) is 13.9. The van der Waals surface area contributed by atoms with Gasteiger partial charge in [-0.1, -0.05) is 30.7 Å². The summed E-state index contributed by atoms with van der Waals surface area (Å²) in [5, 5.41) is 34.3. The number of nitrogens with two attached hydrogens (primary N) is 2. The summed E-state index contributed by atoms with van der Waals surface area (Å²) in [5.74, 6) is -3.82. The molecule has 33 heavy (non-hydrogen) atoms. The van der Waals surface area contributed by atoms with Gasteiger partial charge >= 0.3 is 23.9 Å². The van der Waals surface area contributed by atoms with Crippen molar-refractivity contribution in [3.8, 4) is 11.5 Å². The minimum atomic E-state index is -1.11. The normalized spacial score (nSPS) is 10.4. The molecule has 1 atom stereocenters. The summed E-state index contributed by atoms with van der Waals surface area (Å²) in [7, 11) is 0. The van der Waals surface area contributed by atoms with Gasteiger partial charge in [0.25, 0.3) is 0 Å². The summed E-state index contributed by atoms with van der Waals surface area (Å²) in [5.41, 5.74) is 10.3. The molecule has 2 rings (SSSR count). The van der Waals surface area contributed by atoms with Gasteiger partial charge in [-0.25, -0.2) is 9.59 Å². The van der Waals surface area contributed by atoms with Crippen LogP contribution in [-0.2, 0) is 9.59 Å². The van der Waals surface area contributed by atoms with Crippen LogP contribution in [0.1, 0.15) is 46.9 Å². The highest BCUT2D eigenvalue weighted by atomic mass is 16.5. The number of carbonyl (C=O) groups is 4. The fourth-order valence-electron chi connectivity index (χ4n) is 2.17. The first kappa shape index (κ1) is 29.0. The van der Waals surface area contributed by atoms with E-state index in [1.807, 2.05) is 0 Å². The zero-order valence-corrected chi connectivity index (χ0v) is 18.0. The van der Waals surface area contributed by atoms with Crippen LogP contribution < -0.4 is 16.2 Å². The number of phenols is 1. The lowest BCUT2D eigenvalue weighted by molar-refractivity contribution is -0.138. The van der Waals surface area contributed by atoms with Crippen molar-refractivity contribution in [3.05, 3.63) is 59.7 Å². The third-order valence-corrected chi connectivity index (χ3v) is 3.79. The lowest BCUT2D eigenvalue weighted by Gasteiger charge is -2.03. The van der Waals surface area contributed by atoms with Crippen LogP contribution in [0, 0.1) is 0 Å². The second-order valence-electron chi connectivity index (χ2n) is 6.45. The Morgan fingerprint density at radius 1 is 0.879 bits per heavy atom. The zero-order chi connectivity index (χ0) is 25.4. The van der Waals surface area contributed by atoms with Gasteiger partial charge in [0.1, 0.15) is 28.7 Å². The molecule has 11 nitrogen and oxygen atoms in total. The maximum Gasteiger partial charge on any atom is 0.339 e. The molecule has 0 aromatic heterocycles. The first-order valence-corrected chi connectivity index (χ1v) is 9.71. The molecule has 0 bridgehead atoms. The SMILES string of the molecule is CC(=O)Oc1ccccc1C(=O)O.NCCCCC(N)C(=O)O.O=C(O)c1ccccc1O. The van der Waals surface area contributed by atoms with Gasteiger partial charge in [-0.15, -0.1) is 0 Å². The van der Waals surface area contributed by atoms with E-state index in [0.717, 1.165) is 12.8 Å². The Hall–Kier alpha value is -3.96. The van der Waals surface area contributed by atoms with Gasteiger partial charge in [0, 0.05) is 6.92 Å². The van der Waals surface area contributed by atoms with Crippen LogP contribution in [0.2, 0.25) is 0 Å². The number of aliphatic carboxylic acids is 1. The number of carboxylic acids is 3. The molecule has 0 saturated carbocycles. The minimum absolute atomic E-state index is 0.0160. The van der Waals surface area contributed by atoms with Crippen LogP contribution in [0.3, 0.4) is 0 Å². The first-order chi connectivity index (χ1) is 15.5. The van der Waals surface area contributed by atoms with E-state index in [2.05, 4.69) is 4.74 Å². The number of aromatic hydroxyl groups is 1. The highest BCUT2D eigenvalue weighted by Crippen LogP contribution is 2.17. The molecular weight excluding hydrogens is 436 g/mol. The number of rotatable bonds is 8. The number of hydrogen-bond acceptors (Lipinski definition) is 8. The van der Waals surface area contributed by atoms with Gasteiger partial charge in [0.2, 0.25) is 0 Å². The van der Waals surface area contributed by atoms with Crippen molar-refractivity contribution in [1.29, 1.82) is 0 Å². The largest absolute Gasteiger partial charge is 0.507 e. The lowest BCUT2D eigenvalue weighted by Crippen LogP contribution is -2.29. The molecule has 0 spiro atoms. The molecule has 2 aromatic carbocycles. The van der Waals surface area contributed by atoms with Crippen molar-refractivity contribution in [1.82, 2.24) is 0 Å². The topological polar surface area (TPSA) is 210 Å². The average molecular weight is 464 g/mol. The predicted molar refractivity (Wildman–Crippen MR) is 118 cm³/mol. The molecule has 0 radical (unpaired) electrons. The van der Waals surface area contributed by atoms with E-state index < -0.39 is 29.9 Å². The molecule has 8 N–H and O–H groups in total. The van der Waals surface area contributed by atoms with Crippen molar-refractivity contribution in [3.63, 3.8) is 0 Å². The summed E-state index contributed by atoms with van der Waals surface area (Å²) >= 11 is 0. The van der Waals surface area contributed by atoms with E-state index in [9.17, 15) is 19.2 Å². The summed E-state index contributed by atoms with van der Waals surface area (Å²) in [6.45, 7) is 1.82. The zero-order valence-electron chi connectivity index (χ0n) is 18.0. The number of benzene rings is 2. The number of unbranched alkanes of at least 4 members (excludes halogenated alkanes) is 1. The molecule has 11 heteroatoms. The van der Waals surface area contributed by atoms with Gasteiger partial charge in [-0.05, 0) is 43.7 Å². The third kappa shape index (κ3) is 12.5. The standard InChI is InChI=1S/C9H8O4.C7H6O3.C6H14N2O2/c1-6(10)13-8-5-3-2-4-7(8)9(11)12;8-6-4-2-1-3-5(6)7(9)10;7-4-2-1-3-5(8)6(9)10/h2-5H,1H3,(H,11,12);1-4,8H,(H,9,10);5H,1-4,7-8H2,(H,9,10). The monoisotopic (exact) mass is 464 g/mol. The first-order valence-electron chi connectivity index (χ1n) is 9.71. The Balaban J connectivity index is 0.000000472. The van der Waals surface area contributed by atoms with Gasteiger partial charge in [0.15, 0.2) is 0 Å². The summed E-state index contributed by atoms with van der Waals surface area (Å²) in [6, 6.07) is 11.1. The molecule has 1 unspecified atom stereocenters. The summed E-state index contributed by atoms with van der Waals surface area (Å²) in [4.78, 5) is 41.6. The second kappa shape index (κ2) is 15.8. The fourth-order valence-corrected chi connectivity index (χ4v) is 2.17. The number of aromatic carboxylic acids is 2. The highest BCUT2D eigenvalue weighted by Gasteiger charge is 2.11. The van der Waals surface area contributed by atoms with E-state index in [-0.39, 0.29) is 22.6 Å². The van der Waals surface area contributed by atoms with Gasteiger partial charge < -0.3 is 36.6 Å². The number of para-hydroxylation sites is 2. The Morgan fingerprint density at radius 2 is 1.39 bits per heavy atom. The number of carboxylic acid groups (broad SMARTS) is 3. The highest BCUT2D eigenvalue weighted by molar-refractivity contribution is 5.92. The smallest absolute Gasteiger partial charge is 0.339 e. The van der Waals surface area contributed by atoms with Crippen LogP contribution in [0.25, 0.3) is 0 Å². The molecule has 0 saturated heterocycles. The van der Waals surface area contributed by atoms with Crippen LogP contribution in [-0.4, -0.2) is 56.9 Å². The number of hydrogen-bond donors (Lipinski definition) is 6. The van der Waals surface area contributed by atoms with E-state index >= 15 is 0 Å². The molecule has 2 aromatic rings. The van der Waals surface area contributed by atoms with Crippen molar-refractivity contribution in [2.75, 3.05) is 6.54 Å². The van der Waals surface area contributed by atoms with Gasteiger partial charge in [-0.2, -0.15) is 0 Å². The van der Waals surface area contributed by atoms with Gasteiger partial charge in [-0.3, -0.25) is 9.59 Å². The number of esters is 1. The Morgan fingerprint density at radius 3 is 1.82 bits per heavy atom. The van der Waals surface area contributed by atoms with Crippen LogP contribution in [0.15, 0.2) is 48.5 Å². The molecule has 0 aliphatic rings. The number of carbonyl (C=O) groups excluding carboxylic acids is 1. The van der Waals surface area contributed by atoms with Gasteiger partial charge in [0.05, 0.1) is 0 Å². The van der Waals surface area contributed by atoms with Crippen molar-refractivity contribution < 1.29 is 44.3 Å². The van der Waals surface area contributed by atoms with E-state index in [1.165, 1.54) is 31.2 Å². The molecular formula is C22H28N2O9. The average Bonchev–Trinajstić information content (AvgIpc) is 2.74. The molecule has 0 aliphatic carbocycles. The maximum absolute atomic E-state index is 10.6. The van der Waals surface area contributed by atoms with Crippen LogP contribution in [0.4, 0.5) is 0 Å². The van der Waals surface area contributed by atoms with Crippen molar-refractivity contribution in [2.24, 2.45) is 11.5 Å². The second-order valence-corrected chi connectivity index (χ2v) is 6.45. The van der Waals surface area contributed by atoms with Crippen molar-refractivity contribution >= 4 is 23.9 Å². The fraction of sp³-hybridized carbons (Fsp3) is 0.273. The Labute approximate surface area is 190 Å². The van der Waals surface area contributed by atoms with E-state index in [1.54, 1.807) is 24.3 Å². The maximum atomic E-state index is 10.6. The molecule has 0 amide bonds. The van der Waals surface area contributed by atoms with E-state index in [0.29, 0.717) is 13.0 Å². The molecule has 0 fully saturated rings. The molecule has 0 heterocycles. The van der Waals surface area contributed by atoms with E-state index in [4.69, 9.17) is 31.9 Å². The minimum Gasteiger partial charge on any atom is -0.507 e. The van der Waals surface area contributed by atoms with Crippen LogP contribution >= 0.6 is 0 Å². The lowest BCUT2D eigenvalue weighted by atomic mass is 10.1. The predicted octanol–water partition coefficient (Wildman–Crippen LogP) is 1.93. The third-order valence-electron chi connectivity index (χ3n) is 3.79. The van der Waals surface area contributed by atoms with Crippen LogP contribution in [0.5, 0.6) is 11.5 Å². The quantitative estimate of drug-likeness (QED) is 0.189.